The molecule has 0 aliphatic carbocycles. The number of aromatic nitrogens is 1. The molecule has 1 saturated heterocycles. The fraction of sp³-hybridized carbons (Fsp3) is 0.455. The van der Waals surface area contributed by atoms with Gasteiger partial charge in [-0.05, 0) is 37.0 Å². The molecule has 2 heterocycles. The van der Waals surface area contributed by atoms with E-state index in [9.17, 15) is 0 Å². The molecule has 1 aliphatic heterocycles. The van der Waals surface area contributed by atoms with E-state index >= 15 is 0 Å². The molecule has 0 spiro atoms. The Bertz CT molecular complexity index is 776. The van der Waals surface area contributed by atoms with Crippen LogP contribution in [-0.4, -0.2) is 38.3 Å². The monoisotopic (exact) mass is 382 g/mol. The van der Waals surface area contributed by atoms with Crippen LogP contribution in [0.4, 0.5) is 0 Å². The number of aliphatic imine (C=N–C) groups is 1. The number of aryl methyl sites for hydroxylation is 1. The van der Waals surface area contributed by atoms with E-state index in [2.05, 4.69) is 51.8 Å². The topological polar surface area (TPSA) is 67.8 Å². The van der Waals surface area contributed by atoms with Gasteiger partial charge in [-0.25, -0.2) is 4.98 Å². The highest BCUT2D eigenvalue weighted by atomic mass is 16.5. The van der Waals surface area contributed by atoms with E-state index in [-0.39, 0.29) is 6.10 Å². The fourth-order valence-electron chi connectivity index (χ4n) is 3.48. The first-order valence-electron chi connectivity index (χ1n) is 9.81. The van der Waals surface area contributed by atoms with Gasteiger partial charge in [0.15, 0.2) is 5.96 Å². The predicted octanol–water partition coefficient (Wildman–Crippen LogP) is 3.23. The second kappa shape index (κ2) is 10.1. The van der Waals surface area contributed by atoms with Gasteiger partial charge in [0.05, 0.1) is 13.2 Å². The molecule has 1 aromatic heterocycles. The zero-order valence-electron chi connectivity index (χ0n) is 16.9. The van der Waals surface area contributed by atoms with Crippen molar-refractivity contribution in [2.75, 3.05) is 27.3 Å². The van der Waals surface area contributed by atoms with Crippen LogP contribution in [0.3, 0.4) is 0 Å². The van der Waals surface area contributed by atoms with Crippen LogP contribution >= 0.6 is 0 Å². The van der Waals surface area contributed by atoms with Crippen LogP contribution in [0.2, 0.25) is 0 Å². The zero-order valence-corrected chi connectivity index (χ0v) is 16.9. The number of rotatable bonds is 6. The average molecular weight is 383 g/mol. The van der Waals surface area contributed by atoms with Crippen LogP contribution in [0, 0.1) is 12.8 Å². The van der Waals surface area contributed by atoms with Crippen LogP contribution < -0.4 is 15.4 Å². The first kappa shape index (κ1) is 20.1. The molecule has 6 nitrogen and oxygen atoms in total. The number of nitrogens with one attached hydrogen (secondary N) is 2. The van der Waals surface area contributed by atoms with Gasteiger partial charge in [0.25, 0.3) is 0 Å². The molecular formula is C22H30N4O2. The highest BCUT2D eigenvalue weighted by Crippen LogP contribution is 2.33. The maximum Gasteiger partial charge on any atom is 0.213 e. The number of ether oxygens (including phenoxy) is 2. The number of guanidine groups is 1. The molecule has 2 aromatic rings. The largest absolute Gasteiger partial charge is 0.481 e. The Labute approximate surface area is 167 Å². The number of methoxy groups -OCH3 is 1. The zero-order chi connectivity index (χ0) is 19.8. The molecule has 0 bridgehead atoms. The average Bonchev–Trinajstić information content (AvgIpc) is 2.75. The Balaban J connectivity index is 1.56. The van der Waals surface area contributed by atoms with Gasteiger partial charge in [-0.15, -0.1) is 0 Å². The molecule has 0 radical (unpaired) electrons. The number of pyridine rings is 1. The van der Waals surface area contributed by atoms with E-state index < -0.39 is 0 Å². The van der Waals surface area contributed by atoms with Crippen molar-refractivity contribution in [2.45, 2.75) is 32.4 Å². The van der Waals surface area contributed by atoms with Gasteiger partial charge in [0.1, 0.15) is 0 Å². The fourth-order valence-corrected chi connectivity index (χ4v) is 3.48. The molecule has 6 heteroatoms. The summed E-state index contributed by atoms with van der Waals surface area (Å²) in [6.45, 7) is 4.41. The Morgan fingerprint density at radius 1 is 1.25 bits per heavy atom. The quantitative estimate of drug-likeness (QED) is 0.593. The maximum absolute atomic E-state index is 6.12. The van der Waals surface area contributed by atoms with E-state index in [0.717, 1.165) is 37.5 Å². The summed E-state index contributed by atoms with van der Waals surface area (Å²) in [5.74, 6) is 1.81. The predicted molar refractivity (Wildman–Crippen MR) is 112 cm³/mol. The van der Waals surface area contributed by atoms with Gasteiger partial charge in [0.2, 0.25) is 5.88 Å². The van der Waals surface area contributed by atoms with Crippen LogP contribution in [0.15, 0.2) is 47.6 Å². The molecule has 0 saturated carbocycles. The SMILES string of the molecule is CN=C(NCc1ccnc(OC)c1)NCC1CCCOC1c1ccc(C)cc1. The molecule has 2 N–H and O–H groups in total. The Hall–Kier alpha value is -2.60. The Morgan fingerprint density at radius 2 is 2.07 bits per heavy atom. The summed E-state index contributed by atoms with van der Waals surface area (Å²) in [7, 11) is 3.41. The van der Waals surface area contributed by atoms with Gasteiger partial charge in [-0.1, -0.05) is 29.8 Å². The normalized spacial score (nSPS) is 19.9. The van der Waals surface area contributed by atoms with E-state index in [1.165, 1.54) is 11.1 Å². The molecule has 1 aromatic carbocycles. The number of nitrogens with zero attached hydrogens (tertiary/aromatic N) is 2. The first-order chi connectivity index (χ1) is 13.7. The summed E-state index contributed by atoms with van der Waals surface area (Å²) < 4.78 is 11.3. The summed E-state index contributed by atoms with van der Waals surface area (Å²) in [5.41, 5.74) is 3.61. The number of hydrogen-bond acceptors (Lipinski definition) is 4. The van der Waals surface area contributed by atoms with Gasteiger partial charge < -0.3 is 20.1 Å². The highest BCUT2D eigenvalue weighted by Gasteiger charge is 2.27. The van der Waals surface area contributed by atoms with Crippen LogP contribution in [0.25, 0.3) is 0 Å². The van der Waals surface area contributed by atoms with E-state index in [4.69, 9.17) is 9.47 Å². The summed E-state index contributed by atoms with van der Waals surface area (Å²) in [4.78, 5) is 8.48. The third-order valence-corrected chi connectivity index (χ3v) is 5.07. The first-order valence-corrected chi connectivity index (χ1v) is 9.81. The van der Waals surface area contributed by atoms with Crippen LogP contribution in [-0.2, 0) is 11.3 Å². The number of hydrogen-bond donors (Lipinski definition) is 2. The van der Waals surface area contributed by atoms with Crippen LogP contribution in [0.1, 0.15) is 35.6 Å². The number of benzene rings is 1. The molecule has 2 atom stereocenters. The maximum atomic E-state index is 6.12. The third-order valence-electron chi connectivity index (χ3n) is 5.07. The Morgan fingerprint density at radius 3 is 2.82 bits per heavy atom. The van der Waals surface area contributed by atoms with Crippen molar-refractivity contribution < 1.29 is 9.47 Å². The smallest absolute Gasteiger partial charge is 0.213 e. The molecule has 1 fully saturated rings. The molecular weight excluding hydrogens is 352 g/mol. The second-order valence-electron chi connectivity index (χ2n) is 7.12. The highest BCUT2D eigenvalue weighted by molar-refractivity contribution is 5.79. The molecule has 28 heavy (non-hydrogen) atoms. The molecule has 150 valence electrons. The lowest BCUT2D eigenvalue weighted by atomic mass is 9.89. The standard InChI is InChI=1S/C22H30N4O2/c1-16-6-8-18(9-7-16)21-19(5-4-12-28-21)15-26-22(23-2)25-14-17-10-11-24-20(13-17)27-3/h6-11,13,19,21H,4-5,12,14-15H2,1-3H3,(H2,23,25,26). The minimum Gasteiger partial charge on any atom is -0.481 e. The van der Waals surface area contributed by atoms with Crippen molar-refractivity contribution in [1.82, 2.24) is 15.6 Å². The summed E-state index contributed by atoms with van der Waals surface area (Å²) in [6, 6.07) is 12.6. The molecule has 0 amide bonds. The van der Waals surface area contributed by atoms with Gasteiger partial charge in [0, 0.05) is 44.9 Å². The summed E-state index contributed by atoms with van der Waals surface area (Å²) in [5, 5.41) is 6.81. The van der Waals surface area contributed by atoms with E-state index in [1.54, 1.807) is 20.4 Å². The van der Waals surface area contributed by atoms with Crippen molar-refractivity contribution in [1.29, 1.82) is 0 Å². The molecule has 1 aliphatic rings. The summed E-state index contributed by atoms with van der Waals surface area (Å²) in [6.07, 6.45) is 4.11. The van der Waals surface area contributed by atoms with Crippen molar-refractivity contribution in [3.8, 4) is 5.88 Å². The summed E-state index contributed by atoms with van der Waals surface area (Å²) >= 11 is 0. The Kier molecular flexibility index (Phi) is 7.25. The van der Waals surface area contributed by atoms with Gasteiger partial charge in [-0.2, -0.15) is 0 Å². The van der Waals surface area contributed by atoms with Gasteiger partial charge >= 0.3 is 0 Å². The van der Waals surface area contributed by atoms with E-state index in [0.29, 0.717) is 18.3 Å². The molecule has 3 rings (SSSR count). The molecule has 2 unspecified atom stereocenters. The lowest BCUT2D eigenvalue weighted by Gasteiger charge is -2.32. The van der Waals surface area contributed by atoms with Crippen LogP contribution in [0.5, 0.6) is 5.88 Å². The van der Waals surface area contributed by atoms with Crippen molar-refractivity contribution in [3.63, 3.8) is 0 Å². The lowest BCUT2D eigenvalue weighted by Crippen LogP contribution is -2.41. The minimum atomic E-state index is 0.129. The van der Waals surface area contributed by atoms with Crippen molar-refractivity contribution in [3.05, 3.63) is 59.3 Å². The third kappa shape index (κ3) is 5.45. The second-order valence-corrected chi connectivity index (χ2v) is 7.12. The minimum absolute atomic E-state index is 0.129. The van der Waals surface area contributed by atoms with E-state index in [1.807, 2.05) is 12.1 Å². The lowest BCUT2D eigenvalue weighted by molar-refractivity contribution is -0.0265. The van der Waals surface area contributed by atoms with Gasteiger partial charge in [-0.3, -0.25) is 4.99 Å². The van der Waals surface area contributed by atoms with Crippen molar-refractivity contribution >= 4 is 5.96 Å². The van der Waals surface area contributed by atoms with Crippen molar-refractivity contribution in [2.24, 2.45) is 10.9 Å².